The predicted octanol–water partition coefficient (Wildman–Crippen LogP) is 3.38. The van der Waals surface area contributed by atoms with Crippen molar-refractivity contribution in [2.45, 2.75) is 13.1 Å². The number of carbonyl (C=O) groups is 2. The summed E-state index contributed by atoms with van der Waals surface area (Å²) in [6, 6.07) is 19.0. The molecule has 0 fully saturated rings. The number of fused-ring (bicyclic) bond motifs is 1. The SMILES string of the molecule is COC(=O)N1CCn2c(-c3ccccc3)nc(C(=O)Nc3ccccc3)c2C1. The van der Waals surface area contributed by atoms with Crippen LogP contribution in [0.3, 0.4) is 0 Å². The summed E-state index contributed by atoms with van der Waals surface area (Å²) in [6.45, 7) is 1.31. The van der Waals surface area contributed by atoms with Crippen LogP contribution in [0.5, 0.6) is 0 Å². The van der Waals surface area contributed by atoms with E-state index in [4.69, 9.17) is 4.74 Å². The van der Waals surface area contributed by atoms with E-state index in [1.807, 2.05) is 65.2 Å². The summed E-state index contributed by atoms with van der Waals surface area (Å²) in [4.78, 5) is 31.2. The van der Waals surface area contributed by atoms with E-state index in [1.54, 1.807) is 4.90 Å². The molecule has 28 heavy (non-hydrogen) atoms. The van der Waals surface area contributed by atoms with Gasteiger partial charge in [0.05, 0.1) is 19.3 Å². The van der Waals surface area contributed by atoms with E-state index in [0.29, 0.717) is 30.2 Å². The fraction of sp³-hybridized carbons (Fsp3) is 0.190. The Kier molecular flexibility index (Phi) is 4.80. The molecule has 2 heterocycles. The van der Waals surface area contributed by atoms with Gasteiger partial charge in [-0.2, -0.15) is 0 Å². The Labute approximate surface area is 162 Å². The van der Waals surface area contributed by atoms with Crippen LogP contribution in [0.1, 0.15) is 16.2 Å². The predicted molar refractivity (Wildman–Crippen MR) is 105 cm³/mol. The Morgan fingerprint density at radius 2 is 1.68 bits per heavy atom. The third kappa shape index (κ3) is 3.34. The maximum Gasteiger partial charge on any atom is 0.409 e. The van der Waals surface area contributed by atoms with Gasteiger partial charge in [0.15, 0.2) is 5.69 Å². The number of rotatable bonds is 3. The summed E-state index contributed by atoms with van der Waals surface area (Å²) in [5, 5.41) is 2.88. The monoisotopic (exact) mass is 376 g/mol. The molecule has 4 rings (SSSR count). The highest BCUT2D eigenvalue weighted by Gasteiger charge is 2.30. The molecule has 1 N–H and O–H groups in total. The third-order valence-electron chi connectivity index (χ3n) is 4.72. The fourth-order valence-corrected chi connectivity index (χ4v) is 3.35. The van der Waals surface area contributed by atoms with E-state index in [1.165, 1.54) is 7.11 Å². The topological polar surface area (TPSA) is 76.5 Å². The minimum atomic E-state index is -0.414. The second-order valence-corrected chi connectivity index (χ2v) is 6.46. The van der Waals surface area contributed by atoms with Crippen molar-refractivity contribution >= 4 is 17.7 Å². The zero-order chi connectivity index (χ0) is 19.5. The van der Waals surface area contributed by atoms with Crippen LogP contribution < -0.4 is 5.32 Å². The maximum absolute atomic E-state index is 13.0. The summed E-state index contributed by atoms with van der Waals surface area (Å²) >= 11 is 0. The first kappa shape index (κ1) is 17.8. The molecule has 0 saturated heterocycles. The van der Waals surface area contributed by atoms with Gasteiger partial charge >= 0.3 is 6.09 Å². The molecule has 3 aromatic rings. The smallest absolute Gasteiger partial charge is 0.409 e. The summed E-state index contributed by atoms with van der Waals surface area (Å²) in [5.41, 5.74) is 2.63. The number of anilines is 1. The largest absolute Gasteiger partial charge is 0.453 e. The lowest BCUT2D eigenvalue weighted by atomic mass is 10.2. The molecule has 0 atom stereocenters. The number of para-hydroxylation sites is 1. The number of nitrogens with zero attached hydrogens (tertiary/aromatic N) is 3. The van der Waals surface area contributed by atoms with Crippen LogP contribution in [0, 0.1) is 0 Å². The van der Waals surface area contributed by atoms with Crippen LogP contribution in [0.4, 0.5) is 10.5 Å². The molecule has 2 aromatic carbocycles. The molecule has 1 aliphatic heterocycles. The van der Waals surface area contributed by atoms with E-state index < -0.39 is 6.09 Å². The number of aromatic nitrogens is 2. The molecule has 0 spiro atoms. The molecule has 0 unspecified atom stereocenters. The number of hydrogen-bond donors (Lipinski definition) is 1. The maximum atomic E-state index is 13.0. The van der Waals surface area contributed by atoms with Gasteiger partial charge in [-0.3, -0.25) is 4.79 Å². The van der Waals surface area contributed by atoms with Crippen molar-refractivity contribution in [1.29, 1.82) is 0 Å². The number of amides is 2. The number of ether oxygens (including phenoxy) is 1. The normalized spacial score (nSPS) is 13.0. The number of nitrogens with one attached hydrogen (secondary N) is 1. The first-order chi connectivity index (χ1) is 13.7. The van der Waals surface area contributed by atoms with Gasteiger partial charge in [0.1, 0.15) is 5.82 Å². The fourth-order valence-electron chi connectivity index (χ4n) is 3.35. The summed E-state index contributed by atoms with van der Waals surface area (Å²) < 4.78 is 6.86. The Morgan fingerprint density at radius 3 is 2.36 bits per heavy atom. The molecule has 7 heteroatoms. The van der Waals surface area contributed by atoms with Crippen LogP contribution in [0.15, 0.2) is 60.7 Å². The number of benzene rings is 2. The van der Waals surface area contributed by atoms with Crippen molar-refractivity contribution < 1.29 is 14.3 Å². The highest BCUT2D eigenvalue weighted by atomic mass is 16.5. The molecule has 0 aliphatic carbocycles. The van der Waals surface area contributed by atoms with Crippen molar-refractivity contribution in [2.75, 3.05) is 19.0 Å². The standard InChI is InChI=1S/C21H20N4O3/c1-28-21(27)24-12-13-25-17(14-24)18(20(26)22-16-10-6-3-7-11-16)23-19(25)15-8-4-2-5-9-15/h2-11H,12-14H2,1H3,(H,22,26). The van der Waals surface area contributed by atoms with Gasteiger partial charge < -0.3 is 19.5 Å². The minimum absolute atomic E-state index is 0.268. The highest BCUT2D eigenvalue weighted by molar-refractivity contribution is 6.04. The van der Waals surface area contributed by atoms with Gasteiger partial charge in [0, 0.05) is 24.3 Å². The minimum Gasteiger partial charge on any atom is -0.453 e. The van der Waals surface area contributed by atoms with Gasteiger partial charge in [-0.15, -0.1) is 0 Å². The van der Waals surface area contributed by atoms with Gasteiger partial charge in [0.2, 0.25) is 0 Å². The molecule has 1 aliphatic rings. The second-order valence-electron chi connectivity index (χ2n) is 6.46. The van der Waals surface area contributed by atoms with Gasteiger partial charge in [-0.05, 0) is 12.1 Å². The summed E-state index contributed by atoms with van der Waals surface area (Å²) in [7, 11) is 1.35. The van der Waals surface area contributed by atoms with Crippen molar-refractivity contribution in [2.24, 2.45) is 0 Å². The van der Waals surface area contributed by atoms with Crippen LogP contribution in [0.25, 0.3) is 11.4 Å². The molecule has 1 aromatic heterocycles. The van der Waals surface area contributed by atoms with Crippen LogP contribution >= 0.6 is 0 Å². The Hall–Kier alpha value is -3.61. The van der Waals surface area contributed by atoms with Gasteiger partial charge in [-0.1, -0.05) is 48.5 Å². The van der Waals surface area contributed by atoms with E-state index in [2.05, 4.69) is 10.3 Å². The third-order valence-corrected chi connectivity index (χ3v) is 4.72. The molecule has 0 saturated carbocycles. The first-order valence-corrected chi connectivity index (χ1v) is 9.01. The van der Waals surface area contributed by atoms with Crippen LogP contribution in [0.2, 0.25) is 0 Å². The van der Waals surface area contributed by atoms with Crippen LogP contribution in [-0.2, 0) is 17.8 Å². The zero-order valence-corrected chi connectivity index (χ0v) is 15.5. The Bertz CT molecular complexity index is 999. The van der Waals surface area contributed by atoms with Gasteiger partial charge in [-0.25, -0.2) is 9.78 Å². The number of imidazole rings is 1. The Balaban J connectivity index is 1.74. The average Bonchev–Trinajstić information content (AvgIpc) is 3.13. The average molecular weight is 376 g/mol. The molecule has 7 nitrogen and oxygen atoms in total. The van der Waals surface area contributed by atoms with Crippen molar-refractivity contribution in [3.8, 4) is 11.4 Å². The van der Waals surface area contributed by atoms with Crippen molar-refractivity contribution in [3.63, 3.8) is 0 Å². The lowest BCUT2D eigenvalue weighted by Crippen LogP contribution is -2.38. The highest BCUT2D eigenvalue weighted by Crippen LogP contribution is 2.27. The lowest BCUT2D eigenvalue weighted by molar-refractivity contribution is 0.100. The molecular weight excluding hydrogens is 356 g/mol. The summed E-state index contributed by atoms with van der Waals surface area (Å²) in [5.74, 6) is 0.419. The number of methoxy groups -OCH3 is 1. The van der Waals surface area contributed by atoms with E-state index >= 15 is 0 Å². The van der Waals surface area contributed by atoms with Gasteiger partial charge in [0.25, 0.3) is 5.91 Å². The van der Waals surface area contributed by atoms with E-state index in [9.17, 15) is 9.59 Å². The van der Waals surface area contributed by atoms with Crippen molar-refractivity contribution in [3.05, 3.63) is 72.1 Å². The molecular formula is C21H20N4O3. The zero-order valence-electron chi connectivity index (χ0n) is 15.5. The van der Waals surface area contributed by atoms with E-state index in [-0.39, 0.29) is 12.5 Å². The number of hydrogen-bond acceptors (Lipinski definition) is 4. The van der Waals surface area contributed by atoms with Crippen molar-refractivity contribution in [1.82, 2.24) is 14.5 Å². The quantitative estimate of drug-likeness (QED) is 0.760. The number of carbonyl (C=O) groups excluding carboxylic acids is 2. The molecule has 142 valence electrons. The molecule has 0 bridgehead atoms. The van der Waals surface area contributed by atoms with E-state index in [0.717, 1.165) is 11.4 Å². The first-order valence-electron chi connectivity index (χ1n) is 9.01. The second kappa shape index (κ2) is 7.56. The lowest BCUT2D eigenvalue weighted by Gasteiger charge is -2.28. The molecule has 2 amide bonds. The van der Waals surface area contributed by atoms with Crippen LogP contribution in [-0.4, -0.2) is 40.1 Å². The molecule has 0 radical (unpaired) electrons. The Morgan fingerprint density at radius 1 is 1.00 bits per heavy atom. The summed E-state index contributed by atoms with van der Waals surface area (Å²) in [6.07, 6.45) is -0.414.